The third-order valence-electron chi connectivity index (χ3n) is 5.77. The van der Waals surface area contributed by atoms with Gasteiger partial charge in [-0.1, -0.05) is 44.5 Å². The molecule has 3 rings (SSSR count). The molecule has 156 valence electrons. The van der Waals surface area contributed by atoms with Gasteiger partial charge in [0.1, 0.15) is 11.6 Å². The number of rotatable bonds is 5. The molecule has 0 unspecified atom stereocenters. The summed E-state index contributed by atoms with van der Waals surface area (Å²) in [6.07, 6.45) is 1.74. The van der Waals surface area contributed by atoms with E-state index < -0.39 is 0 Å². The normalized spacial score (nSPS) is 14.6. The van der Waals surface area contributed by atoms with Crippen molar-refractivity contribution in [1.29, 1.82) is 0 Å². The Kier molecular flexibility index (Phi) is 6.56. The molecular formula is C24H34N4O. The zero-order chi connectivity index (χ0) is 21.1. The van der Waals surface area contributed by atoms with E-state index in [0.717, 1.165) is 56.4 Å². The quantitative estimate of drug-likeness (QED) is 0.773. The Hall–Kier alpha value is -2.43. The standard InChI is InChI=1S/C24H34N4O/c1-7-22-21(15-20-14-17(4)8-9-18(20)5)23(26-19(6)25-22)27-10-12-28(13-11-27)24(29)16(2)3/h8-9,14,16H,7,10-13,15H2,1-6H3. The molecule has 1 saturated heterocycles. The molecule has 2 aromatic rings. The van der Waals surface area contributed by atoms with Gasteiger partial charge in [-0.15, -0.1) is 0 Å². The first-order valence-corrected chi connectivity index (χ1v) is 10.8. The number of amides is 1. The van der Waals surface area contributed by atoms with E-state index >= 15 is 0 Å². The lowest BCUT2D eigenvalue weighted by Gasteiger charge is -2.37. The Morgan fingerprint density at radius 2 is 1.76 bits per heavy atom. The number of hydrogen-bond donors (Lipinski definition) is 0. The zero-order valence-corrected chi connectivity index (χ0v) is 18.7. The first kappa shape index (κ1) is 21.3. The molecular weight excluding hydrogens is 360 g/mol. The van der Waals surface area contributed by atoms with E-state index in [1.54, 1.807) is 0 Å². The van der Waals surface area contributed by atoms with E-state index in [1.807, 2.05) is 25.7 Å². The molecule has 0 radical (unpaired) electrons. The highest BCUT2D eigenvalue weighted by molar-refractivity contribution is 5.78. The molecule has 5 nitrogen and oxygen atoms in total. The second-order valence-electron chi connectivity index (χ2n) is 8.45. The van der Waals surface area contributed by atoms with Crippen LogP contribution in [0.5, 0.6) is 0 Å². The Morgan fingerprint density at radius 1 is 1.07 bits per heavy atom. The summed E-state index contributed by atoms with van der Waals surface area (Å²) in [5, 5.41) is 0. The van der Waals surface area contributed by atoms with Crippen LogP contribution in [0.15, 0.2) is 18.2 Å². The molecule has 5 heteroatoms. The highest BCUT2D eigenvalue weighted by Gasteiger charge is 2.26. The average Bonchev–Trinajstić information content (AvgIpc) is 2.71. The van der Waals surface area contributed by atoms with Crippen LogP contribution < -0.4 is 4.90 Å². The first-order valence-electron chi connectivity index (χ1n) is 10.8. The van der Waals surface area contributed by atoms with Crippen LogP contribution in [0.4, 0.5) is 5.82 Å². The molecule has 0 atom stereocenters. The summed E-state index contributed by atoms with van der Waals surface area (Å²) >= 11 is 0. The molecule has 1 aromatic heterocycles. The van der Waals surface area contributed by atoms with Crippen LogP contribution in [0.2, 0.25) is 0 Å². The van der Waals surface area contributed by atoms with Crippen molar-refractivity contribution in [3.8, 4) is 0 Å². The number of nitrogens with zero attached hydrogens (tertiary/aromatic N) is 4. The Morgan fingerprint density at radius 3 is 2.38 bits per heavy atom. The summed E-state index contributed by atoms with van der Waals surface area (Å²) in [5.41, 5.74) is 6.28. The maximum absolute atomic E-state index is 12.4. The van der Waals surface area contributed by atoms with Crippen LogP contribution in [0, 0.1) is 26.7 Å². The SMILES string of the molecule is CCc1nc(C)nc(N2CCN(C(=O)C(C)C)CC2)c1Cc1cc(C)ccc1C. The van der Waals surface area contributed by atoms with Crippen LogP contribution >= 0.6 is 0 Å². The van der Waals surface area contributed by atoms with E-state index in [0.29, 0.717) is 0 Å². The predicted octanol–water partition coefficient (Wildman–Crippen LogP) is 3.86. The minimum Gasteiger partial charge on any atom is -0.353 e. The maximum atomic E-state index is 12.4. The lowest BCUT2D eigenvalue weighted by atomic mass is 9.96. The summed E-state index contributed by atoms with van der Waals surface area (Å²) in [6, 6.07) is 6.63. The smallest absolute Gasteiger partial charge is 0.225 e. The fourth-order valence-corrected chi connectivity index (χ4v) is 4.06. The van der Waals surface area contributed by atoms with Gasteiger partial charge in [-0.05, 0) is 38.3 Å². The van der Waals surface area contributed by atoms with Crippen LogP contribution in [-0.2, 0) is 17.6 Å². The minimum absolute atomic E-state index is 0.0504. The van der Waals surface area contributed by atoms with Crippen molar-refractivity contribution < 1.29 is 4.79 Å². The molecule has 1 aliphatic rings. The molecule has 1 amide bonds. The number of carbonyl (C=O) groups is 1. The highest BCUT2D eigenvalue weighted by atomic mass is 16.2. The topological polar surface area (TPSA) is 49.3 Å². The van der Waals surface area contributed by atoms with E-state index in [4.69, 9.17) is 9.97 Å². The number of aromatic nitrogens is 2. The monoisotopic (exact) mass is 394 g/mol. The largest absolute Gasteiger partial charge is 0.353 e. The third kappa shape index (κ3) is 4.77. The maximum Gasteiger partial charge on any atom is 0.225 e. The predicted molar refractivity (Wildman–Crippen MR) is 119 cm³/mol. The van der Waals surface area contributed by atoms with Gasteiger partial charge in [-0.3, -0.25) is 4.79 Å². The summed E-state index contributed by atoms with van der Waals surface area (Å²) < 4.78 is 0. The van der Waals surface area contributed by atoms with Crippen molar-refractivity contribution in [3.05, 3.63) is 52.0 Å². The fraction of sp³-hybridized carbons (Fsp3) is 0.542. The van der Waals surface area contributed by atoms with Crippen LogP contribution in [0.25, 0.3) is 0 Å². The molecule has 0 saturated carbocycles. The molecule has 0 aliphatic carbocycles. The number of piperazine rings is 1. The zero-order valence-electron chi connectivity index (χ0n) is 18.7. The van der Waals surface area contributed by atoms with Crippen molar-refractivity contribution in [1.82, 2.24) is 14.9 Å². The summed E-state index contributed by atoms with van der Waals surface area (Å²) in [4.78, 5) is 26.3. The van der Waals surface area contributed by atoms with Crippen LogP contribution in [0.3, 0.4) is 0 Å². The number of hydrogen-bond acceptors (Lipinski definition) is 4. The Balaban J connectivity index is 1.92. The second-order valence-corrected chi connectivity index (χ2v) is 8.45. The molecule has 0 bridgehead atoms. The van der Waals surface area contributed by atoms with Gasteiger partial charge in [0.05, 0.1) is 0 Å². The fourth-order valence-electron chi connectivity index (χ4n) is 4.06. The van der Waals surface area contributed by atoms with Gasteiger partial charge in [0.25, 0.3) is 0 Å². The van der Waals surface area contributed by atoms with Gasteiger partial charge < -0.3 is 9.80 Å². The van der Waals surface area contributed by atoms with Gasteiger partial charge in [-0.2, -0.15) is 0 Å². The third-order valence-corrected chi connectivity index (χ3v) is 5.77. The second kappa shape index (κ2) is 8.93. The number of benzene rings is 1. The lowest BCUT2D eigenvalue weighted by Crippen LogP contribution is -2.50. The first-order chi connectivity index (χ1) is 13.8. The van der Waals surface area contributed by atoms with Gasteiger partial charge in [-0.25, -0.2) is 9.97 Å². The van der Waals surface area contributed by atoms with E-state index in [2.05, 4.69) is 43.9 Å². The summed E-state index contributed by atoms with van der Waals surface area (Å²) in [6.45, 7) is 15.5. The van der Waals surface area contributed by atoms with Crippen molar-refractivity contribution in [3.63, 3.8) is 0 Å². The molecule has 1 aromatic carbocycles. The van der Waals surface area contributed by atoms with Crippen molar-refractivity contribution in [2.45, 2.75) is 54.4 Å². The van der Waals surface area contributed by atoms with Crippen LogP contribution in [-0.4, -0.2) is 47.0 Å². The molecule has 1 aliphatic heterocycles. The molecule has 0 N–H and O–H groups in total. The number of anilines is 1. The van der Waals surface area contributed by atoms with E-state index in [1.165, 1.54) is 22.3 Å². The minimum atomic E-state index is 0.0504. The Labute approximate surface area is 175 Å². The highest BCUT2D eigenvalue weighted by Crippen LogP contribution is 2.27. The molecule has 2 heterocycles. The van der Waals surface area contributed by atoms with E-state index in [9.17, 15) is 4.79 Å². The van der Waals surface area contributed by atoms with Gasteiger partial charge in [0.2, 0.25) is 5.91 Å². The summed E-state index contributed by atoms with van der Waals surface area (Å²) in [5.74, 6) is 2.16. The number of carbonyl (C=O) groups excluding carboxylic acids is 1. The Bertz CT molecular complexity index is 883. The van der Waals surface area contributed by atoms with Crippen molar-refractivity contribution in [2.24, 2.45) is 5.92 Å². The average molecular weight is 395 g/mol. The van der Waals surface area contributed by atoms with Gasteiger partial charge >= 0.3 is 0 Å². The lowest BCUT2D eigenvalue weighted by molar-refractivity contribution is -0.134. The van der Waals surface area contributed by atoms with Crippen molar-refractivity contribution in [2.75, 3.05) is 31.1 Å². The molecule has 29 heavy (non-hydrogen) atoms. The van der Waals surface area contributed by atoms with Gasteiger partial charge in [0, 0.05) is 49.8 Å². The van der Waals surface area contributed by atoms with Crippen molar-refractivity contribution >= 4 is 11.7 Å². The molecule has 0 spiro atoms. The van der Waals surface area contributed by atoms with Gasteiger partial charge in [0.15, 0.2) is 0 Å². The summed E-state index contributed by atoms with van der Waals surface area (Å²) in [7, 11) is 0. The number of aryl methyl sites for hydroxylation is 4. The van der Waals surface area contributed by atoms with Crippen LogP contribution in [0.1, 0.15) is 54.5 Å². The van der Waals surface area contributed by atoms with E-state index in [-0.39, 0.29) is 11.8 Å². The molecule has 1 fully saturated rings.